The lowest BCUT2D eigenvalue weighted by Crippen LogP contribution is -2.29. The molecule has 0 heterocycles. The highest BCUT2D eigenvalue weighted by Gasteiger charge is 2.28. The lowest BCUT2D eigenvalue weighted by atomic mass is 10.0. The minimum Gasteiger partial charge on any atom is -0.462 e. The van der Waals surface area contributed by atoms with Crippen LogP contribution in [0.1, 0.15) is 162 Å². The van der Waals surface area contributed by atoms with Crippen LogP contribution in [0.25, 0.3) is 0 Å². The first kappa shape index (κ1) is 59.5. The van der Waals surface area contributed by atoms with Crippen LogP contribution in [0.3, 0.4) is 0 Å². The molecule has 16 heteroatoms. The Kier molecular flexibility index (Phi) is 39.6. The minimum atomic E-state index is -4.88. The molecule has 0 aromatic carbocycles. The van der Waals surface area contributed by atoms with E-state index in [1.54, 1.807) is 6.08 Å². The van der Waals surface area contributed by atoms with Crippen LogP contribution < -0.4 is 0 Å². The molecule has 0 rings (SSSR count). The van der Waals surface area contributed by atoms with Crippen LogP contribution in [0.4, 0.5) is 0 Å². The molecule has 0 aromatic rings. The molecule has 0 amide bonds. The Balaban J connectivity index is 4.66. The number of aliphatic hydroxyl groups is 2. The zero-order valence-electron chi connectivity index (χ0n) is 37.6. The first-order valence-corrected chi connectivity index (χ1v) is 25.8. The van der Waals surface area contributed by atoms with Gasteiger partial charge in [-0.05, 0) is 44.9 Å². The van der Waals surface area contributed by atoms with Gasteiger partial charge >= 0.3 is 27.6 Å². The number of carbonyl (C=O) groups is 2. The van der Waals surface area contributed by atoms with Gasteiger partial charge in [0.05, 0.1) is 25.9 Å². The SMILES string of the molecule is CC/C=C\C/C=C\CC(O)/C=C/C=C\C/C=C\C/C=C\CCC(=O)OC[C@H](COP(=O)(O)OC[C@@H](O)COP(=O)(O)O)OC(=O)CCCCCCCCCCCCCCCCC. The Morgan fingerprint density at radius 2 is 1.06 bits per heavy atom. The molecule has 2 unspecified atom stereocenters. The summed E-state index contributed by atoms with van der Waals surface area (Å²) in [6.07, 6.45) is 42.2. The maximum absolute atomic E-state index is 12.7. The molecule has 358 valence electrons. The fraction of sp³-hybridized carbons (Fsp3) is 0.696. The number of allylic oxidation sites excluding steroid dienone is 10. The van der Waals surface area contributed by atoms with Crippen LogP contribution >= 0.6 is 15.6 Å². The van der Waals surface area contributed by atoms with Crippen LogP contribution in [0.15, 0.2) is 72.9 Å². The molecule has 0 spiro atoms. The molecule has 0 aliphatic heterocycles. The third-order valence-corrected chi connectivity index (χ3v) is 10.6. The quantitative estimate of drug-likeness (QED) is 0.0127. The molecule has 0 radical (unpaired) electrons. The van der Waals surface area contributed by atoms with Crippen molar-refractivity contribution in [3.05, 3.63) is 72.9 Å². The zero-order chi connectivity index (χ0) is 46.0. The van der Waals surface area contributed by atoms with Crippen LogP contribution in [0, 0.1) is 0 Å². The van der Waals surface area contributed by atoms with Gasteiger partial charge in [0.2, 0.25) is 0 Å². The number of rotatable bonds is 42. The third kappa shape index (κ3) is 44.1. The lowest BCUT2D eigenvalue weighted by molar-refractivity contribution is -0.161. The van der Waals surface area contributed by atoms with E-state index in [2.05, 4.69) is 35.0 Å². The first-order valence-electron chi connectivity index (χ1n) is 22.7. The predicted octanol–water partition coefficient (Wildman–Crippen LogP) is 10.8. The van der Waals surface area contributed by atoms with Crippen molar-refractivity contribution in [2.75, 3.05) is 26.4 Å². The second-order valence-electron chi connectivity index (χ2n) is 15.2. The average molecular weight is 919 g/mol. The van der Waals surface area contributed by atoms with Crippen molar-refractivity contribution < 1.29 is 66.7 Å². The van der Waals surface area contributed by atoms with Crippen LogP contribution in [0.2, 0.25) is 0 Å². The molecule has 0 fully saturated rings. The van der Waals surface area contributed by atoms with Crippen LogP contribution in [0.5, 0.6) is 0 Å². The second kappa shape index (κ2) is 41.2. The number of hydrogen-bond donors (Lipinski definition) is 5. The summed E-state index contributed by atoms with van der Waals surface area (Å²) in [5.74, 6) is -1.16. The highest BCUT2D eigenvalue weighted by Crippen LogP contribution is 2.43. The van der Waals surface area contributed by atoms with E-state index in [1.165, 1.54) is 64.2 Å². The molecule has 5 N–H and O–H groups in total. The van der Waals surface area contributed by atoms with Gasteiger partial charge in [0.1, 0.15) is 12.7 Å². The van der Waals surface area contributed by atoms with E-state index in [-0.39, 0.29) is 12.8 Å². The molecule has 62 heavy (non-hydrogen) atoms. The Morgan fingerprint density at radius 1 is 0.548 bits per heavy atom. The smallest absolute Gasteiger partial charge is 0.462 e. The molecule has 0 aliphatic rings. The minimum absolute atomic E-state index is 0.0453. The fourth-order valence-electron chi connectivity index (χ4n) is 5.75. The van der Waals surface area contributed by atoms with Gasteiger partial charge in [-0.2, -0.15) is 0 Å². The molecule has 4 atom stereocenters. The summed E-state index contributed by atoms with van der Waals surface area (Å²) in [7, 11) is -9.71. The summed E-state index contributed by atoms with van der Waals surface area (Å²) in [6.45, 7) is 1.49. The standard InChI is InChI=1S/C46H80O14P2/c1-3-5-7-9-11-12-13-14-15-16-17-22-25-29-33-37-46(50)60-44(41-59-62(54,55)58-39-43(48)38-57-61(51,52)53)40-56-45(49)36-32-28-24-21-19-18-20-23-27-31-35-42(47)34-30-26-10-8-6-4-2/h6,8,18-19,23-24,26-28,30-31,35,42-44,47-48H,3-5,7,9-17,20-22,25,29,32-34,36-41H2,1-2H3,(H,54,55)(H2,51,52,53)/b8-6-,19-18-,27-23-,28-24-,30-26-,35-31+/t42?,43-,44+/m0/s1. The fourth-order valence-corrected chi connectivity index (χ4v) is 6.91. The summed E-state index contributed by atoms with van der Waals surface area (Å²) in [6, 6.07) is 0. The zero-order valence-corrected chi connectivity index (χ0v) is 39.3. The monoisotopic (exact) mass is 919 g/mol. The van der Waals surface area contributed by atoms with Gasteiger partial charge in [0.15, 0.2) is 6.10 Å². The number of ether oxygens (including phenoxy) is 2. The second-order valence-corrected chi connectivity index (χ2v) is 17.8. The molecular weight excluding hydrogens is 838 g/mol. The van der Waals surface area contributed by atoms with Crippen molar-refractivity contribution >= 4 is 27.6 Å². The number of esters is 2. The number of hydrogen-bond acceptors (Lipinski definition) is 11. The molecular formula is C46H80O14P2. The van der Waals surface area contributed by atoms with Gasteiger partial charge in [-0.25, -0.2) is 9.13 Å². The molecule has 14 nitrogen and oxygen atoms in total. The van der Waals surface area contributed by atoms with E-state index in [9.17, 15) is 33.8 Å². The maximum Gasteiger partial charge on any atom is 0.472 e. The Morgan fingerprint density at radius 3 is 1.66 bits per heavy atom. The summed E-state index contributed by atoms with van der Waals surface area (Å²) in [5.41, 5.74) is 0. The highest BCUT2D eigenvalue weighted by molar-refractivity contribution is 7.47. The van der Waals surface area contributed by atoms with E-state index in [0.29, 0.717) is 25.7 Å². The summed E-state index contributed by atoms with van der Waals surface area (Å²) < 4.78 is 47.7. The number of phosphoric acid groups is 2. The maximum atomic E-state index is 12.7. The summed E-state index contributed by atoms with van der Waals surface area (Å²) in [4.78, 5) is 52.7. The predicted molar refractivity (Wildman–Crippen MR) is 245 cm³/mol. The topological polar surface area (TPSA) is 216 Å². The summed E-state index contributed by atoms with van der Waals surface area (Å²) >= 11 is 0. The number of aliphatic hydroxyl groups excluding tert-OH is 2. The van der Waals surface area contributed by atoms with Gasteiger partial charge in [-0.1, -0.05) is 177 Å². The van der Waals surface area contributed by atoms with E-state index >= 15 is 0 Å². The number of unbranched alkanes of at least 4 members (excludes halogenated alkanes) is 14. The number of carbonyl (C=O) groups excluding carboxylic acids is 2. The summed E-state index contributed by atoms with van der Waals surface area (Å²) in [5, 5.41) is 19.8. The van der Waals surface area contributed by atoms with Crippen LogP contribution in [-0.2, 0) is 41.8 Å². The van der Waals surface area contributed by atoms with Gasteiger partial charge in [0, 0.05) is 12.8 Å². The van der Waals surface area contributed by atoms with Crippen molar-refractivity contribution in [3.63, 3.8) is 0 Å². The van der Waals surface area contributed by atoms with Crippen molar-refractivity contribution in [3.8, 4) is 0 Å². The molecule has 0 bridgehead atoms. The van der Waals surface area contributed by atoms with Gasteiger partial charge in [-0.15, -0.1) is 0 Å². The average Bonchev–Trinajstić information content (AvgIpc) is 3.23. The highest BCUT2D eigenvalue weighted by atomic mass is 31.2. The van der Waals surface area contributed by atoms with E-state index in [4.69, 9.17) is 23.8 Å². The Labute approximate surface area is 372 Å². The molecule has 0 saturated heterocycles. The van der Waals surface area contributed by atoms with Gasteiger partial charge < -0.3 is 34.4 Å². The largest absolute Gasteiger partial charge is 0.472 e. The van der Waals surface area contributed by atoms with Crippen molar-refractivity contribution in [2.24, 2.45) is 0 Å². The normalized spacial score (nSPS) is 15.1. The molecule has 0 aliphatic carbocycles. The van der Waals surface area contributed by atoms with Crippen LogP contribution in [-0.4, -0.2) is 81.6 Å². The number of phosphoric ester groups is 2. The first-order chi connectivity index (χ1) is 29.8. The van der Waals surface area contributed by atoms with E-state index < -0.39 is 72.3 Å². The molecule has 0 saturated carbocycles. The lowest BCUT2D eigenvalue weighted by Gasteiger charge is -2.20. The Bertz CT molecular complexity index is 1390. The van der Waals surface area contributed by atoms with Gasteiger partial charge in [-0.3, -0.25) is 23.2 Å². The molecule has 0 aromatic heterocycles. The third-order valence-electron chi connectivity index (χ3n) is 9.19. The van der Waals surface area contributed by atoms with Gasteiger partial charge in [0.25, 0.3) is 0 Å². The van der Waals surface area contributed by atoms with E-state index in [1.807, 2.05) is 54.7 Å². The van der Waals surface area contributed by atoms with E-state index in [0.717, 1.165) is 44.9 Å². The van der Waals surface area contributed by atoms with Crippen molar-refractivity contribution in [2.45, 2.75) is 180 Å². The van der Waals surface area contributed by atoms with Crippen molar-refractivity contribution in [1.82, 2.24) is 0 Å². The van der Waals surface area contributed by atoms with Crippen molar-refractivity contribution in [1.29, 1.82) is 0 Å². The Hall–Kier alpha value is -2.48.